The lowest BCUT2D eigenvalue weighted by Gasteiger charge is -2.11. The van der Waals surface area contributed by atoms with Crippen LogP contribution < -0.4 is 9.75 Å². The largest absolute Gasteiger partial charge is 0.489 e. The number of rotatable bonds is 5. The van der Waals surface area contributed by atoms with E-state index >= 15 is 0 Å². The van der Waals surface area contributed by atoms with Gasteiger partial charge in [-0.1, -0.05) is 60.2 Å². The number of hydrogen-bond donors (Lipinski definition) is 0. The fourth-order valence-corrected chi connectivity index (χ4v) is 3.18. The Labute approximate surface area is 183 Å². The van der Waals surface area contributed by atoms with E-state index in [1.165, 1.54) is 18.2 Å². The Bertz CT molecular complexity index is 1170. The number of ether oxygens (including phenoxy) is 1. The van der Waals surface area contributed by atoms with Gasteiger partial charge in [-0.3, -0.25) is 4.79 Å². The van der Waals surface area contributed by atoms with Gasteiger partial charge in [-0.15, -0.1) is 0 Å². The molecule has 0 radical (unpaired) electrons. The molecule has 3 aromatic rings. The van der Waals surface area contributed by atoms with Crippen LogP contribution in [-0.2, 0) is 11.4 Å². The summed E-state index contributed by atoms with van der Waals surface area (Å²) >= 11 is 0. The van der Waals surface area contributed by atoms with Gasteiger partial charge in [-0.2, -0.15) is 23.3 Å². The van der Waals surface area contributed by atoms with E-state index in [1.54, 1.807) is 42.5 Å². The quantitative estimate of drug-likeness (QED) is 0.466. The fraction of sp³-hybridized carbons (Fsp3) is 0.120. The van der Waals surface area contributed by atoms with Crippen LogP contribution in [0.15, 0.2) is 89.5 Å². The number of benzene rings is 3. The highest BCUT2D eigenvalue weighted by Gasteiger charge is 2.46. The Kier molecular flexibility index (Phi) is 5.81. The van der Waals surface area contributed by atoms with Crippen LogP contribution in [-0.4, -0.2) is 17.8 Å². The molecule has 0 saturated carbocycles. The summed E-state index contributed by atoms with van der Waals surface area (Å²) < 4.78 is 46.4. The molecule has 1 heterocycles. The van der Waals surface area contributed by atoms with Gasteiger partial charge in [0.2, 0.25) is 0 Å². The van der Waals surface area contributed by atoms with Crippen LogP contribution in [0.3, 0.4) is 0 Å². The molecule has 162 valence electrons. The second-order valence-corrected chi connectivity index (χ2v) is 7.30. The molecule has 0 atom stereocenters. The molecule has 1 aliphatic heterocycles. The van der Waals surface area contributed by atoms with Crippen LogP contribution >= 0.6 is 0 Å². The molecule has 1 aliphatic rings. The molecule has 4 rings (SSSR count). The van der Waals surface area contributed by atoms with E-state index in [2.05, 4.69) is 5.10 Å². The average Bonchev–Trinajstić information content (AvgIpc) is 3.11. The molecule has 0 N–H and O–H groups in total. The monoisotopic (exact) mass is 436 g/mol. The topological polar surface area (TPSA) is 41.9 Å². The first-order valence-electron chi connectivity index (χ1n) is 9.87. The summed E-state index contributed by atoms with van der Waals surface area (Å²) in [5, 5.41) is 4.33. The van der Waals surface area contributed by atoms with E-state index in [-0.39, 0.29) is 5.69 Å². The van der Waals surface area contributed by atoms with Crippen molar-refractivity contribution in [3.05, 3.63) is 101 Å². The molecule has 1 amide bonds. The molecule has 4 nitrogen and oxygen atoms in total. The summed E-state index contributed by atoms with van der Waals surface area (Å²) in [7, 11) is 0. The van der Waals surface area contributed by atoms with Gasteiger partial charge in [0.1, 0.15) is 12.4 Å². The second kappa shape index (κ2) is 8.70. The van der Waals surface area contributed by atoms with Gasteiger partial charge in [-0.25, -0.2) is 0 Å². The maximum absolute atomic E-state index is 13.6. The van der Waals surface area contributed by atoms with E-state index in [9.17, 15) is 18.0 Å². The van der Waals surface area contributed by atoms with Crippen LogP contribution in [0.4, 0.5) is 18.9 Å². The van der Waals surface area contributed by atoms with Gasteiger partial charge in [0.15, 0.2) is 5.71 Å². The minimum atomic E-state index is -4.76. The fourth-order valence-electron chi connectivity index (χ4n) is 3.18. The molecule has 0 aliphatic carbocycles. The zero-order chi connectivity index (χ0) is 22.7. The van der Waals surface area contributed by atoms with E-state index < -0.39 is 23.4 Å². The molecule has 0 aromatic heterocycles. The summed E-state index contributed by atoms with van der Waals surface area (Å²) in [6.07, 6.45) is -3.57. The van der Waals surface area contributed by atoms with Crippen molar-refractivity contribution in [1.29, 1.82) is 0 Å². The minimum Gasteiger partial charge on any atom is -0.489 e. The highest BCUT2D eigenvalue weighted by atomic mass is 19.4. The smallest absolute Gasteiger partial charge is 0.435 e. The van der Waals surface area contributed by atoms with Crippen LogP contribution in [0.1, 0.15) is 16.7 Å². The van der Waals surface area contributed by atoms with Gasteiger partial charge in [0.25, 0.3) is 5.91 Å². The first kappa shape index (κ1) is 21.4. The van der Waals surface area contributed by atoms with E-state index in [0.717, 1.165) is 16.1 Å². The number of aryl methyl sites for hydroxylation is 1. The third kappa shape index (κ3) is 4.72. The van der Waals surface area contributed by atoms with Gasteiger partial charge >= 0.3 is 6.18 Å². The van der Waals surface area contributed by atoms with Crippen LogP contribution in [0.5, 0.6) is 5.75 Å². The van der Waals surface area contributed by atoms with Crippen molar-refractivity contribution in [1.82, 2.24) is 0 Å². The zero-order valence-electron chi connectivity index (χ0n) is 17.1. The molecule has 32 heavy (non-hydrogen) atoms. The number of carbonyl (C=O) groups excluding carboxylic acids is 1. The van der Waals surface area contributed by atoms with Crippen molar-refractivity contribution in [3.63, 3.8) is 0 Å². The third-order valence-corrected chi connectivity index (χ3v) is 4.86. The Hall–Kier alpha value is -3.87. The van der Waals surface area contributed by atoms with Crippen molar-refractivity contribution in [2.45, 2.75) is 19.7 Å². The number of anilines is 1. The Morgan fingerprint density at radius 1 is 0.938 bits per heavy atom. The molecule has 3 aromatic carbocycles. The highest BCUT2D eigenvalue weighted by Crippen LogP contribution is 2.32. The van der Waals surface area contributed by atoms with Crippen LogP contribution in [0.25, 0.3) is 6.08 Å². The molecule has 0 fully saturated rings. The number of alkyl halides is 3. The van der Waals surface area contributed by atoms with Crippen molar-refractivity contribution in [2.24, 2.45) is 5.10 Å². The number of amides is 1. The summed E-state index contributed by atoms with van der Waals surface area (Å²) in [4.78, 5) is 12.7. The SMILES string of the molecule is Cc1ccc(COc2ccc(/C=C3\C(=O)N(c4ccccc4)N=C3C(F)(F)F)cc2)cc1. The van der Waals surface area contributed by atoms with Crippen molar-refractivity contribution in [3.8, 4) is 5.75 Å². The minimum absolute atomic E-state index is 0.266. The van der Waals surface area contributed by atoms with Gasteiger partial charge in [0.05, 0.1) is 11.3 Å². The average molecular weight is 436 g/mol. The second-order valence-electron chi connectivity index (χ2n) is 7.30. The number of carbonyl (C=O) groups is 1. The summed E-state index contributed by atoms with van der Waals surface area (Å²) in [6, 6.07) is 22.4. The van der Waals surface area contributed by atoms with E-state index in [4.69, 9.17) is 4.74 Å². The number of halogens is 3. The van der Waals surface area contributed by atoms with E-state index in [1.807, 2.05) is 31.2 Å². The van der Waals surface area contributed by atoms with Crippen LogP contribution in [0, 0.1) is 6.92 Å². The normalized spacial score (nSPS) is 15.2. The predicted octanol–water partition coefficient (Wildman–Crippen LogP) is 5.92. The first-order chi connectivity index (χ1) is 15.3. The van der Waals surface area contributed by atoms with Crippen LogP contribution in [0.2, 0.25) is 0 Å². The van der Waals surface area contributed by atoms with Crippen molar-refractivity contribution in [2.75, 3.05) is 5.01 Å². The molecule has 0 bridgehead atoms. The number of para-hydroxylation sites is 1. The molecular formula is C25H19F3N2O2. The van der Waals surface area contributed by atoms with Gasteiger partial charge in [-0.05, 0) is 48.4 Å². The summed E-state index contributed by atoms with van der Waals surface area (Å²) in [5.41, 5.74) is 1.14. The maximum Gasteiger partial charge on any atom is 0.435 e. The third-order valence-electron chi connectivity index (χ3n) is 4.86. The Morgan fingerprint density at radius 3 is 2.22 bits per heavy atom. The van der Waals surface area contributed by atoms with Crippen molar-refractivity contribution >= 4 is 23.4 Å². The standard InChI is InChI=1S/C25H19F3N2O2/c1-17-7-9-19(10-8-17)16-32-21-13-11-18(12-14-21)15-22-23(25(26,27)28)29-30(24(22)31)20-5-3-2-4-6-20/h2-15H,16H2,1H3/b22-15-. The number of hydrogen-bond acceptors (Lipinski definition) is 3. The molecular weight excluding hydrogens is 417 g/mol. The van der Waals surface area contributed by atoms with Gasteiger partial charge < -0.3 is 4.74 Å². The number of nitrogens with zero attached hydrogens (tertiary/aromatic N) is 2. The lowest BCUT2D eigenvalue weighted by Crippen LogP contribution is -2.25. The summed E-state index contributed by atoms with van der Waals surface area (Å²) in [6.45, 7) is 2.37. The summed E-state index contributed by atoms with van der Waals surface area (Å²) in [5.74, 6) is -0.260. The molecule has 7 heteroatoms. The maximum atomic E-state index is 13.6. The number of hydrazone groups is 1. The highest BCUT2D eigenvalue weighted by molar-refractivity contribution is 6.34. The first-order valence-corrected chi connectivity index (χ1v) is 9.87. The lowest BCUT2D eigenvalue weighted by atomic mass is 10.1. The Morgan fingerprint density at radius 2 is 1.59 bits per heavy atom. The molecule has 0 unspecified atom stereocenters. The van der Waals surface area contributed by atoms with E-state index in [0.29, 0.717) is 17.9 Å². The van der Waals surface area contributed by atoms with Crippen molar-refractivity contribution < 1.29 is 22.7 Å². The predicted molar refractivity (Wildman–Crippen MR) is 117 cm³/mol. The lowest BCUT2D eigenvalue weighted by molar-refractivity contribution is -0.114. The molecule has 0 saturated heterocycles. The Balaban J connectivity index is 1.54. The van der Waals surface area contributed by atoms with Gasteiger partial charge in [0, 0.05) is 0 Å². The molecule has 0 spiro atoms. The zero-order valence-corrected chi connectivity index (χ0v) is 17.1.